The topological polar surface area (TPSA) is 64.6 Å². The van der Waals surface area contributed by atoms with Gasteiger partial charge in [-0.05, 0) is 49.4 Å². The summed E-state index contributed by atoms with van der Waals surface area (Å²) >= 11 is 6.21. The van der Waals surface area contributed by atoms with Gasteiger partial charge in [-0.2, -0.15) is 0 Å². The van der Waals surface area contributed by atoms with Crippen LogP contribution in [0, 0.1) is 5.92 Å². The van der Waals surface area contributed by atoms with Crippen molar-refractivity contribution in [3.8, 4) is 11.5 Å². The molecule has 132 valence electrons. The molecule has 0 spiro atoms. The summed E-state index contributed by atoms with van der Waals surface area (Å²) in [6, 6.07) is 11.6. The van der Waals surface area contributed by atoms with E-state index in [4.69, 9.17) is 21.1 Å². The van der Waals surface area contributed by atoms with Gasteiger partial charge in [0, 0.05) is 11.6 Å². The summed E-state index contributed by atoms with van der Waals surface area (Å²) in [4.78, 5) is 23.3. The van der Waals surface area contributed by atoms with Gasteiger partial charge < -0.3 is 14.8 Å². The molecule has 0 unspecified atom stereocenters. The summed E-state index contributed by atoms with van der Waals surface area (Å²) < 4.78 is 10.6. The highest BCUT2D eigenvalue weighted by atomic mass is 35.5. The molecule has 6 heteroatoms. The van der Waals surface area contributed by atoms with Gasteiger partial charge in [0.05, 0.1) is 17.2 Å². The minimum atomic E-state index is -0.377. The van der Waals surface area contributed by atoms with Crippen LogP contribution in [0.3, 0.4) is 0 Å². The van der Waals surface area contributed by atoms with Crippen molar-refractivity contribution in [2.75, 3.05) is 11.9 Å². The Morgan fingerprint density at radius 3 is 2.36 bits per heavy atom. The average molecular weight is 362 g/mol. The van der Waals surface area contributed by atoms with E-state index in [0.29, 0.717) is 34.4 Å². The monoisotopic (exact) mass is 361 g/mol. The van der Waals surface area contributed by atoms with Gasteiger partial charge in [0.1, 0.15) is 11.5 Å². The van der Waals surface area contributed by atoms with E-state index >= 15 is 0 Å². The molecule has 0 fully saturated rings. The Balaban J connectivity index is 2.07. The fraction of sp³-hybridized carbons (Fsp3) is 0.263. The number of esters is 1. The number of ether oxygens (including phenoxy) is 2. The normalized spacial score (nSPS) is 10.4. The maximum absolute atomic E-state index is 11.7. The number of hydrogen-bond donors (Lipinski definition) is 1. The Kier molecular flexibility index (Phi) is 6.42. The first kappa shape index (κ1) is 18.8. The van der Waals surface area contributed by atoms with Gasteiger partial charge in [0.15, 0.2) is 0 Å². The highest BCUT2D eigenvalue weighted by molar-refractivity contribution is 6.32. The second-order valence-corrected chi connectivity index (χ2v) is 6.04. The van der Waals surface area contributed by atoms with E-state index in [1.807, 2.05) is 13.8 Å². The highest BCUT2D eigenvalue weighted by Crippen LogP contribution is 2.32. The number of nitrogens with one attached hydrogen (secondary N) is 1. The molecule has 0 atom stereocenters. The number of halogens is 1. The molecule has 0 aliphatic carbocycles. The molecule has 0 aliphatic heterocycles. The lowest BCUT2D eigenvalue weighted by Crippen LogP contribution is -2.17. The summed E-state index contributed by atoms with van der Waals surface area (Å²) in [5.74, 6) is 0.409. The number of benzene rings is 2. The lowest BCUT2D eigenvalue weighted by molar-refractivity contribution is -0.118. The quantitative estimate of drug-likeness (QED) is 0.743. The second-order valence-electron chi connectivity index (χ2n) is 5.64. The van der Waals surface area contributed by atoms with Crippen molar-refractivity contribution < 1.29 is 19.1 Å². The van der Waals surface area contributed by atoms with Crippen molar-refractivity contribution in [3.05, 3.63) is 53.1 Å². The zero-order valence-corrected chi connectivity index (χ0v) is 15.1. The van der Waals surface area contributed by atoms with Crippen LogP contribution in [0.5, 0.6) is 11.5 Å². The zero-order chi connectivity index (χ0) is 18.4. The first-order valence-corrected chi connectivity index (χ1v) is 8.34. The van der Waals surface area contributed by atoms with Crippen molar-refractivity contribution in [1.82, 2.24) is 0 Å². The number of rotatable bonds is 6. The van der Waals surface area contributed by atoms with Crippen LogP contribution >= 0.6 is 11.6 Å². The Morgan fingerprint density at radius 1 is 1.12 bits per heavy atom. The van der Waals surface area contributed by atoms with Gasteiger partial charge in [-0.1, -0.05) is 25.4 Å². The molecular weight excluding hydrogens is 342 g/mol. The van der Waals surface area contributed by atoms with E-state index in [1.54, 1.807) is 49.4 Å². The standard InChI is InChI=1S/C19H20ClNO4/c1-4-24-19(23)13-5-8-15(9-6-13)25-17-10-7-14(11-16(17)20)21-18(22)12(2)3/h5-12H,4H2,1-3H3,(H,21,22). The minimum Gasteiger partial charge on any atom is -0.462 e. The predicted molar refractivity (Wildman–Crippen MR) is 97.4 cm³/mol. The third-order valence-electron chi connectivity index (χ3n) is 3.32. The zero-order valence-electron chi connectivity index (χ0n) is 14.3. The Labute approximate surface area is 151 Å². The largest absolute Gasteiger partial charge is 0.462 e. The van der Waals surface area contributed by atoms with E-state index in [0.717, 1.165) is 0 Å². The average Bonchev–Trinajstić information content (AvgIpc) is 2.58. The minimum absolute atomic E-state index is 0.0840. The third-order valence-corrected chi connectivity index (χ3v) is 3.61. The van der Waals surface area contributed by atoms with Crippen LogP contribution in [0.15, 0.2) is 42.5 Å². The number of carbonyl (C=O) groups is 2. The fourth-order valence-electron chi connectivity index (χ4n) is 1.95. The van der Waals surface area contributed by atoms with Gasteiger partial charge in [-0.3, -0.25) is 4.79 Å². The Hall–Kier alpha value is -2.53. The maximum atomic E-state index is 11.7. The van der Waals surface area contributed by atoms with Crippen molar-refractivity contribution in [1.29, 1.82) is 0 Å². The first-order valence-electron chi connectivity index (χ1n) is 7.96. The SMILES string of the molecule is CCOC(=O)c1ccc(Oc2ccc(NC(=O)C(C)C)cc2Cl)cc1. The molecular formula is C19H20ClNO4. The van der Waals surface area contributed by atoms with Crippen molar-refractivity contribution in [3.63, 3.8) is 0 Å². The fourth-order valence-corrected chi connectivity index (χ4v) is 2.17. The summed E-state index contributed by atoms with van der Waals surface area (Å²) in [5, 5.41) is 3.15. The molecule has 0 heterocycles. The number of anilines is 1. The van der Waals surface area contributed by atoms with Crippen LogP contribution in [0.1, 0.15) is 31.1 Å². The molecule has 2 rings (SSSR count). The molecule has 2 aromatic rings. The molecule has 1 amide bonds. The molecule has 0 aliphatic rings. The van der Waals surface area contributed by atoms with Crippen LogP contribution in [0.4, 0.5) is 5.69 Å². The second kappa shape index (κ2) is 8.53. The van der Waals surface area contributed by atoms with Crippen LogP contribution in [-0.4, -0.2) is 18.5 Å². The number of hydrogen-bond acceptors (Lipinski definition) is 4. The highest BCUT2D eigenvalue weighted by Gasteiger charge is 2.10. The first-order chi connectivity index (χ1) is 11.9. The molecule has 25 heavy (non-hydrogen) atoms. The summed E-state index contributed by atoms with van der Waals surface area (Å²) in [6.45, 7) is 5.71. The van der Waals surface area contributed by atoms with Crippen molar-refractivity contribution >= 4 is 29.2 Å². The van der Waals surface area contributed by atoms with Crippen molar-refractivity contribution in [2.45, 2.75) is 20.8 Å². The van der Waals surface area contributed by atoms with Crippen LogP contribution in [0.2, 0.25) is 5.02 Å². The molecule has 0 aromatic heterocycles. The maximum Gasteiger partial charge on any atom is 0.338 e. The van der Waals surface area contributed by atoms with Gasteiger partial charge >= 0.3 is 5.97 Å². The molecule has 5 nitrogen and oxygen atoms in total. The summed E-state index contributed by atoms with van der Waals surface area (Å²) in [5.41, 5.74) is 1.06. The van der Waals surface area contributed by atoms with Crippen LogP contribution in [-0.2, 0) is 9.53 Å². The number of amides is 1. The van der Waals surface area contributed by atoms with Crippen LogP contribution in [0.25, 0.3) is 0 Å². The van der Waals surface area contributed by atoms with E-state index in [1.165, 1.54) is 0 Å². The summed E-state index contributed by atoms with van der Waals surface area (Å²) in [7, 11) is 0. The van der Waals surface area contributed by atoms with E-state index in [2.05, 4.69) is 5.32 Å². The lowest BCUT2D eigenvalue weighted by atomic mass is 10.2. The molecule has 0 bridgehead atoms. The van der Waals surface area contributed by atoms with Gasteiger partial charge in [0.25, 0.3) is 0 Å². The van der Waals surface area contributed by atoms with Gasteiger partial charge in [-0.25, -0.2) is 4.79 Å². The van der Waals surface area contributed by atoms with Gasteiger partial charge in [0.2, 0.25) is 5.91 Å². The third kappa shape index (κ3) is 5.22. The molecule has 0 radical (unpaired) electrons. The van der Waals surface area contributed by atoms with Crippen LogP contribution < -0.4 is 10.1 Å². The smallest absolute Gasteiger partial charge is 0.338 e. The van der Waals surface area contributed by atoms with E-state index in [9.17, 15) is 9.59 Å². The van der Waals surface area contributed by atoms with Crippen molar-refractivity contribution in [2.24, 2.45) is 5.92 Å². The molecule has 0 saturated heterocycles. The Morgan fingerprint density at radius 2 is 1.80 bits per heavy atom. The molecule has 2 aromatic carbocycles. The molecule has 0 saturated carbocycles. The summed E-state index contributed by atoms with van der Waals surface area (Å²) in [6.07, 6.45) is 0. The lowest BCUT2D eigenvalue weighted by Gasteiger charge is -2.11. The Bertz CT molecular complexity index is 757. The van der Waals surface area contributed by atoms with Gasteiger partial charge in [-0.15, -0.1) is 0 Å². The van der Waals surface area contributed by atoms with E-state index in [-0.39, 0.29) is 17.8 Å². The number of carbonyl (C=O) groups excluding carboxylic acids is 2. The predicted octanol–water partition coefficient (Wildman–Crippen LogP) is 4.90. The van der Waals surface area contributed by atoms with E-state index < -0.39 is 0 Å². The molecule has 1 N–H and O–H groups in total.